The first-order valence-corrected chi connectivity index (χ1v) is 9.79. The predicted octanol–water partition coefficient (Wildman–Crippen LogP) is 3.27. The summed E-state index contributed by atoms with van der Waals surface area (Å²) in [6, 6.07) is 9.38. The van der Waals surface area contributed by atoms with Gasteiger partial charge in [0.15, 0.2) is 0 Å². The second kappa shape index (κ2) is 8.37. The Kier molecular flexibility index (Phi) is 6.65. The maximum Gasteiger partial charge on any atom is 0.335 e. The van der Waals surface area contributed by atoms with Gasteiger partial charge >= 0.3 is 5.97 Å². The second-order valence-corrected chi connectivity index (χ2v) is 8.47. The molecule has 0 radical (unpaired) electrons. The van der Waals surface area contributed by atoms with E-state index in [-0.39, 0.29) is 10.5 Å². The minimum Gasteiger partial charge on any atom is -0.478 e. The lowest BCUT2D eigenvalue weighted by atomic mass is 10.1. The number of carbonyl (C=O) groups is 1. The smallest absolute Gasteiger partial charge is 0.335 e. The summed E-state index contributed by atoms with van der Waals surface area (Å²) in [6.07, 6.45) is 0. The molecule has 140 valence electrons. The zero-order valence-electron chi connectivity index (χ0n) is 14.1. The average Bonchev–Trinajstić information content (AvgIpc) is 2.56. The van der Waals surface area contributed by atoms with Crippen LogP contribution in [-0.4, -0.2) is 45.0 Å². The summed E-state index contributed by atoms with van der Waals surface area (Å²) in [4.78, 5) is 12.7. The molecule has 2 N–H and O–H groups in total. The number of hydrogen-bond donors (Lipinski definition) is 2. The quantitative estimate of drug-likeness (QED) is 0.722. The van der Waals surface area contributed by atoms with Crippen LogP contribution in [0.4, 0.5) is 0 Å². The molecule has 2 aromatic rings. The molecule has 0 aliphatic rings. The number of carboxylic acid groups (broad SMARTS) is 1. The molecule has 0 spiro atoms. The van der Waals surface area contributed by atoms with Gasteiger partial charge in [-0.3, -0.25) is 0 Å². The Hall–Kier alpha value is -1.64. The molecule has 9 heteroatoms. The molecule has 0 bridgehead atoms. The molecule has 2 rings (SSSR count). The number of aromatic carboxylic acids is 1. The molecular formula is C17H18Cl2N2O4S. The first kappa shape index (κ1) is 20.7. The standard InChI is InChI=1S/C17H18Cl2N2O4S/c1-21(2)10-16(12-5-8-14(18)15(19)9-12)20-26(24,25)13-6-3-11(4-7-13)17(22)23/h3-9,16,20H,10H2,1-2H3,(H,22,23). The number of nitrogens with zero attached hydrogens (tertiary/aromatic N) is 1. The van der Waals surface area contributed by atoms with Gasteiger partial charge in [0.25, 0.3) is 0 Å². The van der Waals surface area contributed by atoms with Crippen LogP contribution in [0.3, 0.4) is 0 Å². The van der Waals surface area contributed by atoms with E-state index in [1.807, 2.05) is 19.0 Å². The Labute approximate surface area is 162 Å². The fourth-order valence-corrected chi connectivity index (χ4v) is 3.86. The summed E-state index contributed by atoms with van der Waals surface area (Å²) >= 11 is 12.0. The number of carboxylic acids is 1. The van der Waals surface area contributed by atoms with Crippen molar-refractivity contribution in [3.8, 4) is 0 Å². The third-order valence-electron chi connectivity index (χ3n) is 3.60. The van der Waals surface area contributed by atoms with Gasteiger partial charge in [-0.1, -0.05) is 29.3 Å². The highest BCUT2D eigenvalue weighted by atomic mass is 35.5. The molecule has 26 heavy (non-hydrogen) atoms. The lowest BCUT2D eigenvalue weighted by Crippen LogP contribution is -2.35. The van der Waals surface area contributed by atoms with Gasteiger partial charge in [-0.25, -0.2) is 17.9 Å². The van der Waals surface area contributed by atoms with Gasteiger partial charge in [0, 0.05) is 6.54 Å². The van der Waals surface area contributed by atoms with Crippen molar-refractivity contribution in [2.75, 3.05) is 20.6 Å². The van der Waals surface area contributed by atoms with E-state index in [4.69, 9.17) is 28.3 Å². The van der Waals surface area contributed by atoms with E-state index < -0.39 is 22.0 Å². The van der Waals surface area contributed by atoms with Crippen LogP contribution < -0.4 is 4.72 Å². The van der Waals surface area contributed by atoms with Crippen molar-refractivity contribution >= 4 is 39.2 Å². The fraction of sp³-hybridized carbons (Fsp3) is 0.235. The van der Waals surface area contributed by atoms with Crippen molar-refractivity contribution in [3.63, 3.8) is 0 Å². The van der Waals surface area contributed by atoms with Crippen LogP contribution in [0.25, 0.3) is 0 Å². The molecular weight excluding hydrogens is 399 g/mol. The molecule has 0 aromatic heterocycles. The Morgan fingerprint density at radius 2 is 1.73 bits per heavy atom. The molecule has 2 aromatic carbocycles. The third kappa shape index (κ3) is 5.18. The number of rotatable bonds is 7. The van der Waals surface area contributed by atoms with Gasteiger partial charge in [-0.15, -0.1) is 0 Å². The number of halogens is 2. The molecule has 0 saturated carbocycles. The summed E-state index contributed by atoms with van der Waals surface area (Å²) in [5.41, 5.74) is 0.678. The van der Waals surface area contributed by atoms with Crippen LogP contribution in [-0.2, 0) is 10.0 Å². The Morgan fingerprint density at radius 3 is 2.23 bits per heavy atom. The molecule has 6 nitrogen and oxygen atoms in total. The zero-order valence-corrected chi connectivity index (χ0v) is 16.4. The number of likely N-dealkylation sites (N-methyl/N-ethyl adjacent to an activating group) is 1. The highest BCUT2D eigenvalue weighted by molar-refractivity contribution is 7.89. The van der Waals surface area contributed by atoms with Crippen LogP contribution in [0, 0.1) is 0 Å². The third-order valence-corrected chi connectivity index (χ3v) is 5.83. The first-order valence-electron chi connectivity index (χ1n) is 7.55. The maximum absolute atomic E-state index is 12.7. The van der Waals surface area contributed by atoms with Crippen LogP contribution >= 0.6 is 23.2 Å². The summed E-state index contributed by atoms with van der Waals surface area (Å²) in [7, 11) is -0.225. The molecule has 0 saturated heterocycles. The molecule has 1 atom stereocenters. The van der Waals surface area contributed by atoms with E-state index in [0.29, 0.717) is 22.2 Å². The zero-order chi connectivity index (χ0) is 19.5. The Bertz CT molecular complexity index is 899. The van der Waals surface area contributed by atoms with E-state index in [9.17, 15) is 13.2 Å². The van der Waals surface area contributed by atoms with Crippen molar-refractivity contribution in [1.29, 1.82) is 0 Å². The number of nitrogens with one attached hydrogen (secondary N) is 1. The average molecular weight is 417 g/mol. The molecule has 0 aliphatic heterocycles. The lowest BCUT2D eigenvalue weighted by molar-refractivity contribution is 0.0696. The molecule has 0 heterocycles. The molecule has 0 aliphatic carbocycles. The largest absolute Gasteiger partial charge is 0.478 e. The Morgan fingerprint density at radius 1 is 1.12 bits per heavy atom. The van der Waals surface area contributed by atoms with Crippen LogP contribution in [0.15, 0.2) is 47.4 Å². The predicted molar refractivity (Wildman–Crippen MR) is 101 cm³/mol. The van der Waals surface area contributed by atoms with Crippen molar-refractivity contribution < 1.29 is 18.3 Å². The summed E-state index contributed by atoms with van der Waals surface area (Å²) in [5.74, 6) is -1.12. The lowest BCUT2D eigenvalue weighted by Gasteiger charge is -2.23. The first-order chi connectivity index (χ1) is 12.1. The van der Waals surface area contributed by atoms with E-state index in [0.717, 1.165) is 0 Å². The molecule has 0 amide bonds. The highest BCUT2D eigenvalue weighted by Gasteiger charge is 2.23. The second-order valence-electron chi connectivity index (χ2n) is 5.94. The van der Waals surface area contributed by atoms with Crippen molar-refractivity contribution in [2.45, 2.75) is 10.9 Å². The van der Waals surface area contributed by atoms with Gasteiger partial charge in [0.2, 0.25) is 10.0 Å². The summed E-state index contributed by atoms with van der Waals surface area (Å²) in [6.45, 7) is 0.393. The van der Waals surface area contributed by atoms with E-state index in [1.54, 1.807) is 18.2 Å². The number of hydrogen-bond acceptors (Lipinski definition) is 4. The van der Waals surface area contributed by atoms with Gasteiger partial charge in [0.1, 0.15) is 0 Å². The van der Waals surface area contributed by atoms with Crippen LogP contribution in [0.1, 0.15) is 22.0 Å². The minimum atomic E-state index is -3.86. The molecule has 0 fully saturated rings. The number of benzene rings is 2. The normalized spacial score (nSPS) is 13.0. The van der Waals surface area contributed by atoms with Crippen molar-refractivity contribution in [2.24, 2.45) is 0 Å². The summed E-state index contributed by atoms with van der Waals surface area (Å²) < 4.78 is 28.0. The van der Waals surface area contributed by atoms with Gasteiger partial charge in [-0.2, -0.15) is 0 Å². The van der Waals surface area contributed by atoms with Crippen molar-refractivity contribution in [3.05, 3.63) is 63.6 Å². The minimum absolute atomic E-state index is 0.0123. The molecule has 1 unspecified atom stereocenters. The van der Waals surface area contributed by atoms with Gasteiger partial charge < -0.3 is 10.0 Å². The van der Waals surface area contributed by atoms with E-state index >= 15 is 0 Å². The Balaban J connectivity index is 2.33. The van der Waals surface area contributed by atoms with E-state index in [2.05, 4.69) is 4.72 Å². The van der Waals surface area contributed by atoms with Gasteiger partial charge in [-0.05, 0) is 56.1 Å². The maximum atomic E-state index is 12.7. The van der Waals surface area contributed by atoms with Crippen LogP contribution in [0.5, 0.6) is 0 Å². The highest BCUT2D eigenvalue weighted by Crippen LogP contribution is 2.27. The fourth-order valence-electron chi connectivity index (χ4n) is 2.34. The van der Waals surface area contributed by atoms with Crippen LogP contribution in [0.2, 0.25) is 10.0 Å². The number of sulfonamides is 1. The monoisotopic (exact) mass is 416 g/mol. The SMILES string of the molecule is CN(C)CC(NS(=O)(=O)c1ccc(C(=O)O)cc1)c1ccc(Cl)c(Cl)c1. The van der Waals surface area contributed by atoms with E-state index in [1.165, 1.54) is 24.3 Å². The van der Waals surface area contributed by atoms with Crippen molar-refractivity contribution in [1.82, 2.24) is 9.62 Å². The topological polar surface area (TPSA) is 86.7 Å². The van der Waals surface area contributed by atoms with Gasteiger partial charge in [0.05, 0.1) is 26.5 Å². The summed E-state index contributed by atoms with van der Waals surface area (Å²) in [5, 5.41) is 9.64.